The van der Waals surface area contributed by atoms with Crippen molar-refractivity contribution in [1.29, 1.82) is 0 Å². The molecule has 11 heteroatoms. The molecule has 0 spiro atoms. The molecule has 1 heterocycles. The molecule has 42 heavy (non-hydrogen) atoms. The fourth-order valence-electron chi connectivity index (χ4n) is 4.64. The van der Waals surface area contributed by atoms with Crippen LogP contribution in [-0.2, 0) is 32.1 Å². The Hall–Kier alpha value is -4.35. The van der Waals surface area contributed by atoms with Crippen molar-refractivity contribution in [3.05, 3.63) is 108 Å². The lowest BCUT2D eigenvalue weighted by atomic mass is 10.0. The van der Waals surface area contributed by atoms with E-state index in [1.807, 2.05) is 60.7 Å². The largest absolute Gasteiger partial charge is 0.479 e. The van der Waals surface area contributed by atoms with E-state index in [-0.39, 0.29) is 18.8 Å². The molecular weight excluding hydrogens is 558 g/mol. The quantitative estimate of drug-likeness (QED) is 0.266. The maximum absolute atomic E-state index is 13.8. The summed E-state index contributed by atoms with van der Waals surface area (Å²) in [6, 6.07) is 24.0. The lowest BCUT2D eigenvalue weighted by molar-refractivity contribution is -0.149. The third-order valence-electron chi connectivity index (χ3n) is 6.82. The van der Waals surface area contributed by atoms with Crippen LogP contribution in [0.3, 0.4) is 0 Å². The van der Waals surface area contributed by atoms with Gasteiger partial charge in [0.2, 0.25) is 11.8 Å². The number of carbonyl (C=O) groups is 4. The van der Waals surface area contributed by atoms with E-state index in [0.717, 1.165) is 16.7 Å². The molecule has 3 aromatic carbocycles. The summed E-state index contributed by atoms with van der Waals surface area (Å²) in [5.74, 6) is -2.36. The van der Waals surface area contributed by atoms with Gasteiger partial charge in [0.15, 0.2) is 6.10 Å². The Labute approximate surface area is 248 Å². The van der Waals surface area contributed by atoms with Crippen molar-refractivity contribution < 1.29 is 34.1 Å². The summed E-state index contributed by atoms with van der Waals surface area (Å²) in [5.41, 5.74) is 2.30. The Kier molecular flexibility index (Phi) is 10.6. The summed E-state index contributed by atoms with van der Waals surface area (Å²) < 4.78 is 5.27. The van der Waals surface area contributed by atoms with Gasteiger partial charge in [-0.2, -0.15) is 0 Å². The van der Waals surface area contributed by atoms with Gasteiger partial charge in [-0.15, -0.1) is 11.8 Å². The van der Waals surface area contributed by atoms with Crippen molar-refractivity contribution in [3.8, 4) is 0 Å². The number of carboxylic acid groups (broad SMARTS) is 1. The second-order valence-electron chi connectivity index (χ2n) is 9.87. The van der Waals surface area contributed by atoms with Crippen molar-refractivity contribution in [2.75, 3.05) is 5.75 Å². The maximum Gasteiger partial charge on any atom is 0.408 e. The third kappa shape index (κ3) is 7.89. The molecule has 4 rings (SSSR count). The Morgan fingerprint density at radius 3 is 2.07 bits per heavy atom. The Morgan fingerprint density at radius 2 is 1.48 bits per heavy atom. The number of hydrogen-bond donors (Lipinski definition) is 4. The van der Waals surface area contributed by atoms with Gasteiger partial charge in [-0.1, -0.05) is 91.0 Å². The SMILES string of the molecule is C[C@H](NC(=O)OCc1ccccc1)C(=O)N1C(c2ccccc2)SC[C@H]1C(=O)N[C@@H](Cc1ccccc1)C(O)C(=O)O. The first-order valence-corrected chi connectivity index (χ1v) is 14.5. The van der Waals surface area contributed by atoms with E-state index in [2.05, 4.69) is 10.6 Å². The van der Waals surface area contributed by atoms with Gasteiger partial charge in [-0.25, -0.2) is 9.59 Å². The number of carbonyl (C=O) groups excluding carboxylic acids is 3. The van der Waals surface area contributed by atoms with Crippen LogP contribution < -0.4 is 10.6 Å². The molecule has 1 saturated heterocycles. The molecule has 5 atom stereocenters. The first-order chi connectivity index (χ1) is 20.2. The smallest absolute Gasteiger partial charge is 0.408 e. The number of nitrogens with one attached hydrogen (secondary N) is 2. The molecule has 2 unspecified atom stereocenters. The highest BCUT2D eigenvalue weighted by Gasteiger charge is 2.44. The van der Waals surface area contributed by atoms with E-state index in [0.29, 0.717) is 0 Å². The van der Waals surface area contributed by atoms with Crippen LogP contribution in [0.15, 0.2) is 91.0 Å². The summed E-state index contributed by atoms with van der Waals surface area (Å²) in [5, 5.41) is 24.6. The zero-order valence-electron chi connectivity index (χ0n) is 23.0. The number of thioether (sulfide) groups is 1. The fraction of sp³-hybridized carbons (Fsp3) is 0.290. The van der Waals surface area contributed by atoms with Crippen LogP contribution in [0.5, 0.6) is 0 Å². The number of rotatable bonds is 11. The minimum Gasteiger partial charge on any atom is -0.479 e. The molecule has 0 aromatic heterocycles. The number of benzene rings is 3. The van der Waals surface area contributed by atoms with Crippen molar-refractivity contribution in [3.63, 3.8) is 0 Å². The summed E-state index contributed by atoms with van der Waals surface area (Å²) in [6.07, 6.45) is -2.57. The van der Waals surface area contributed by atoms with Crippen LogP contribution in [0, 0.1) is 0 Å². The zero-order valence-corrected chi connectivity index (χ0v) is 23.8. The second-order valence-corrected chi connectivity index (χ2v) is 11.0. The average Bonchev–Trinajstić information content (AvgIpc) is 3.46. The van der Waals surface area contributed by atoms with Crippen LogP contribution in [0.1, 0.15) is 29.0 Å². The van der Waals surface area contributed by atoms with Crippen molar-refractivity contribution >= 4 is 35.6 Å². The monoisotopic (exact) mass is 591 g/mol. The highest BCUT2D eigenvalue weighted by molar-refractivity contribution is 7.99. The lowest BCUT2D eigenvalue weighted by Crippen LogP contribution is -2.57. The molecule has 0 aliphatic carbocycles. The first-order valence-electron chi connectivity index (χ1n) is 13.5. The molecule has 0 saturated carbocycles. The summed E-state index contributed by atoms with van der Waals surface area (Å²) in [7, 11) is 0. The van der Waals surface area contributed by atoms with Crippen LogP contribution in [0.25, 0.3) is 0 Å². The second kappa shape index (κ2) is 14.5. The van der Waals surface area contributed by atoms with Gasteiger partial charge in [-0.3, -0.25) is 9.59 Å². The van der Waals surface area contributed by atoms with Gasteiger partial charge in [0, 0.05) is 5.75 Å². The van der Waals surface area contributed by atoms with E-state index in [1.54, 1.807) is 30.3 Å². The van der Waals surface area contributed by atoms with Gasteiger partial charge in [-0.05, 0) is 30.0 Å². The third-order valence-corrected chi connectivity index (χ3v) is 8.14. The van der Waals surface area contributed by atoms with Crippen molar-refractivity contribution in [2.24, 2.45) is 0 Å². The molecule has 1 fully saturated rings. The zero-order chi connectivity index (χ0) is 30.1. The van der Waals surface area contributed by atoms with Crippen LogP contribution in [-0.4, -0.2) is 69.0 Å². The number of hydrogen-bond acceptors (Lipinski definition) is 7. The summed E-state index contributed by atoms with van der Waals surface area (Å²) in [4.78, 5) is 53.0. The normalized spacial score (nSPS) is 18.4. The van der Waals surface area contributed by atoms with Crippen LogP contribution >= 0.6 is 11.8 Å². The standard InChI is InChI=1S/C31H33N3O7S/c1-20(32-31(40)41-18-22-13-7-3-8-14-22)28(37)34-25(19-42-29(34)23-15-9-4-10-16-23)27(36)33-24(26(35)30(38)39)17-21-11-5-2-6-12-21/h2-16,20,24-26,29,35H,17-19H2,1H3,(H,32,40)(H,33,36)(H,38,39)/t20-,24-,25-,26?,29?/m0/s1. The number of alkyl carbamates (subject to hydrolysis) is 1. The fourth-order valence-corrected chi connectivity index (χ4v) is 6.08. The van der Waals surface area contributed by atoms with Gasteiger partial charge in [0.1, 0.15) is 24.1 Å². The predicted octanol–water partition coefficient (Wildman–Crippen LogP) is 3.12. The van der Waals surface area contributed by atoms with E-state index >= 15 is 0 Å². The Bertz CT molecular complexity index is 1360. The number of carboxylic acids is 1. The van der Waals surface area contributed by atoms with Gasteiger partial charge in [0.25, 0.3) is 0 Å². The summed E-state index contributed by atoms with van der Waals surface area (Å²) in [6.45, 7) is 1.54. The Balaban J connectivity index is 1.51. The van der Waals surface area contributed by atoms with Crippen LogP contribution in [0.4, 0.5) is 4.79 Å². The van der Waals surface area contributed by atoms with E-state index in [4.69, 9.17) is 4.74 Å². The topological polar surface area (TPSA) is 145 Å². The molecule has 1 aliphatic heterocycles. The molecule has 0 radical (unpaired) electrons. The highest BCUT2D eigenvalue weighted by atomic mass is 32.2. The van der Waals surface area contributed by atoms with Crippen LogP contribution in [0.2, 0.25) is 0 Å². The molecule has 0 bridgehead atoms. The van der Waals surface area contributed by atoms with Crippen molar-refractivity contribution in [1.82, 2.24) is 15.5 Å². The molecule has 3 amide bonds. The molecular formula is C31H33N3O7S. The molecule has 220 valence electrons. The van der Waals surface area contributed by atoms with Gasteiger partial charge < -0.3 is 30.5 Å². The number of ether oxygens (including phenoxy) is 1. The molecule has 4 N–H and O–H groups in total. The van der Waals surface area contributed by atoms with Gasteiger partial charge in [0.05, 0.1) is 6.04 Å². The number of amides is 3. The van der Waals surface area contributed by atoms with E-state index in [9.17, 15) is 29.4 Å². The molecule has 3 aromatic rings. The van der Waals surface area contributed by atoms with Crippen molar-refractivity contribution in [2.45, 2.75) is 49.6 Å². The van der Waals surface area contributed by atoms with Gasteiger partial charge >= 0.3 is 12.1 Å². The minimum absolute atomic E-state index is 0.0273. The molecule has 1 aliphatic rings. The number of aliphatic carboxylic acids is 1. The first kappa shape index (κ1) is 30.6. The number of nitrogens with zero attached hydrogens (tertiary/aromatic N) is 1. The maximum atomic E-state index is 13.8. The number of aliphatic hydroxyl groups is 1. The summed E-state index contributed by atoms with van der Waals surface area (Å²) >= 11 is 1.38. The highest BCUT2D eigenvalue weighted by Crippen LogP contribution is 2.41. The average molecular weight is 592 g/mol. The molecule has 10 nitrogen and oxygen atoms in total. The van der Waals surface area contributed by atoms with E-state index in [1.165, 1.54) is 23.6 Å². The number of aliphatic hydroxyl groups excluding tert-OH is 1. The minimum atomic E-state index is -1.86. The lowest BCUT2D eigenvalue weighted by Gasteiger charge is -2.32. The predicted molar refractivity (Wildman–Crippen MR) is 157 cm³/mol. The van der Waals surface area contributed by atoms with E-state index < -0.39 is 53.5 Å². The Morgan fingerprint density at radius 1 is 0.905 bits per heavy atom.